The molecule has 1 saturated carbocycles. The number of nitrogens with one attached hydrogen (secondary N) is 1. The minimum Gasteiger partial charge on any atom is -0.376 e. The van der Waals surface area contributed by atoms with E-state index in [9.17, 15) is 0 Å². The average molecular weight is 255 g/mol. The molecule has 1 aliphatic carbocycles. The smallest absolute Gasteiger partial charge is 0.105 e. The van der Waals surface area contributed by atoms with Crippen LogP contribution in [0.3, 0.4) is 0 Å². The molecule has 2 rings (SSSR count). The van der Waals surface area contributed by atoms with Gasteiger partial charge in [0.25, 0.3) is 0 Å². The number of hydrogen-bond donors (Lipinski definition) is 1. The summed E-state index contributed by atoms with van der Waals surface area (Å²) in [6.45, 7) is 11.6. The summed E-state index contributed by atoms with van der Waals surface area (Å²) in [5.41, 5.74) is 0.212. The molecule has 0 aromatic rings. The van der Waals surface area contributed by atoms with Crippen LogP contribution < -0.4 is 5.32 Å². The van der Waals surface area contributed by atoms with Crippen LogP contribution in [0.5, 0.6) is 0 Å². The van der Waals surface area contributed by atoms with Crippen LogP contribution in [-0.4, -0.2) is 37.0 Å². The van der Waals surface area contributed by atoms with Crippen molar-refractivity contribution in [1.29, 1.82) is 0 Å². The Balaban J connectivity index is 1.92. The largest absolute Gasteiger partial charge is 0.376 e. The fraction of sp³-hybridized carbons (Fsp3) is 1.00. The second-order valence-corrected chi connectivity index (χ2v) is 7.25. The van der Waals surface area contributed by atoms with Gasteiger partial charge < -0.3 is 14.8 Å². The summed E-state index contributed by atoms with van der Waals surface area (Å²) in [4.78, 5) is 0. The zero-order valence-corrected chi connectivity index (χ0v) is 12.4. The molecule has 0 amide bonds. The predicted octanol–water partition coefficient (Wildman–Crippen LogP) is 2.74. The number of ether oxygens (including phenoxy) is 2. The first-order valence-electron chi connectivity index (χ1n) is 7.39. The van der Waals surface area contributed by atoms with Crippen molar-refractivity contribution in [3.05, 3.63) is 0 Å². The van der Waals surface area contributed by atoms with Crippen molar-refractivity contribution in [2.45, 2.75) is 70.6 Å². The van der Waals surface area contributed by atoms with E-state index >= 15 is 0 Å². The van der Waals surface area contributed by atoms with Crippen LogP contribution >= 0.6 is 0 Å². The molecule has 0 spiro atoms. The average Bonchev–Trinajstić information content (AvgIpc) is 2.24. The predicted molar refractivity (Wildman–Crippen MR) is 73.8 cm³/mol. The number of hydrogen-bond acceptors (Lipinski definition) is 3. The normalized spacial score (nSPS) is 34.3. The Morgan fingerprint density at radius 3 is 2.28 bits per heavy atom. The minimum absolute atomic E-state index is 0.0498. The molecule has 0 atom stereocenters. The third kappa shape index (κ3) is 3.94. The molecule has 0 aromatic heterocycles. The van der Waals surface area contributed by atoms with E-state index in [1.165, 1.54) is 25.7 Å². The molecule has 3 heteroatoms. The highest BCUT2D eigenvalue weighted by Crippen LogP contribution is 2.36. The van der Waals surface area contributed by atoms with Crippen LogP contribution in [0.2, 0.25) is 0 Å². The van der Waals surface area contributed by atoms with Crippen LogP contribution in [0, 0.1) is 5.92 Å². The highest BCUT2D eigenvalue weighted by Gasteiger charge is 2.39. The molecule has 1 heterocycles. The molecule has 2 fully saturated rings. The first-order valence-corrected chi connectivity index (χ1v) is 7.39. The fourth-order valence-electron chi connectivity index (χ4n) is 2.69. The molecule has 0 bridgehead atoms. The molecule has 18 heavy (non-hydrogen) atoms. The first kappa shape index (κ1) is 14.3. The topological polar surface area (TPSA) is 30.5 Å². The van der Waals surface area contributed by atoms with Crippen molar-refractivity contribution in [2.75, 3.05) is 19.8 Å². The quantitative estimate of drug-likeness (QED) is 0.838. The molecule has 3 nitrogen and oxygen atoms in total. The lowest BCUT2D eigenvalue weighted by atomic mass is 9.79. The molecule has 2 aliphatic rings. The highest BCUT2D eigenvalue weighted by atomic mass is 16.6. The van der Waals surface area contributed by atoms with E-state index in [1.54, 1.807) is 0 Å². The Labute approximate surface area is 112 Å². The SMILES string of the molecule is CC1CCC(CNC(C)(C)C)(OC2COC2)CC1. The molecule has 0 aromatic carbocycles. The lowest BCUT2D eigenvalue weighted by Gasteiger charge is -2.45. The van der Waals surface area contributed by atoms with E-state index in [1.807, 2.05) is 0 Å². The van der Waals surface area contributed by atoms with Crippen molar-refractivity contribution >= 4 is 0 Å². The van der Waals surface area contributed by atoms with E-state index in [4.69, 9.17) is 9.47 Å². The summed E-state index contributed by atoms with van der Waals surface area (Å²) in [5, 5.41) is 3.63. The second kappa shape index (κ2) is 5.48. The van der Waals surface area contributed by atoms with E-state index < -0.39 is 0 Å². The third-order valence-electron chi connectivity index (χ3n) is 4.15. The molecule has 1 N–H and O–H groups in total. The van der Waals surface area contributed by atoms with Gasteiger partial charge in [-0.2, -0.15) is 0 Å². The molecule has 1 aliphatic heterocycles. The maximum atomic E-state index is 6.37. The molecule has 106 valence electrons. The third-order valence-corrected chi connectivity index (χ3v) is 4.15. The van der Waals surface area contributed by atoms with Gasteiger partial charge in [-0.05, 0) is 52.4 Å². The van der Waals surface area contributed by atoms with Crippen LogP contribution in [-0.2, 0) is 9.47 Å². The van der Waals surface area contributed by atoms with E-state index in [0.29, 0.717) is 6.10 Å². The number of rotatable bonds is 4. The lowest BCUT2D eigenvalue weighted by Crippen LogP contribution is -2.54. The maximum Gasteiger partial charge on any atom is 0.105 e. The molecular formula is C15H29NO2. The van der Waals surface area contributed by atoms with Crippen LogP contribution in [0.4, 0.5) is 0 Å². The summed E-state index contributed by atoms with van der Waals surface area (Å²) >= 11 is 0. The van der Waals surface area contributed by atoms with E-state index in [0.717, 1.165) is 25.7 Å². The van der Waals surface area contributed by atoms with Gasteiger partial charge in [0.1, 0.15) is 6.10 Å². The zero-order chi connectivity index (χ0) is 13.2. The second-order valence-electron chi connectivity index (χ2n) is 7.25. The molecule has 1 saturated heterocycles. The Bertz CT molecular complexity index is 260. The van der Waals surface area contributed by atoms with E-state index in [-0.39, 0.29) is 11.1 Å². The summed E-state index contributed by atoms with van der Waals surface area (Å²) in [7, 11) is 0. The van der Waals surface area contributed by atoms with Crippen molar-refractivity contribution in [2.24, 2.45) is 5.92 Å². The summed E-state index contributed by atoms with van der Waals surface area (Å²) in [6, 6.07) is 0. The van der Waals surface area contributed by atoms with Crippen LogP contribution in [0.15, 0.2) is 0 Å². The van der Waals surface area contributed by atoms with Gasteiger partial charge >= 0.3 is 0 Å². The summed E-state index contributed by atoms with van der Waals surface area (Å²) < 4.78 is 11.6. The monoisotopic (exact) mass is 255 g/mol. The van der Waals surface area contributed by atoms with Crippen LogP contribution in [0.25, 0.3) is 0 Å². The summed E-state index contributed by atoms with van der Waals surface area (Å²) in [5.74, 6) is 0.856. The van der Waals surface area contributed by atoms with Crippen molar-refractivity contribution in [3.8, 4) is 0 Å². The van der Waals surface area contributed by atoms with Gasteiger partial charge in [0.15, 0.2) is 0 Å². The Kier molecular flexibility index (Phi) is 4.35. The first-order chi connectivity index (χ1) is 8.39. The van der Waals surface area contributed by atoms with Gasteiger partial charge in [-0.15, -0.1) is 0 Å². The van der Waals surface area contributed by atoms with Gasteiger partial charge in [0.05, 0.1) is 18.8 Å². The Morgan fingerprint density at radius 1 is 1.22 bits per heavy atom. The molecule has 0 unspecified atom stereocenters. The van der Waals surface area contributed by atoms with Crippen molar-refractivity contribution < 1.29 is 9.47 Å². The van der Waals surface area contributed by atoms with Gasteiger partial charge in [-0.3, -0.25) is 0 Å². The van der Waals surface area contributed by atoms with Gasteiger partial charge in [-0.1, -0.05) is 6.92 Å². The summed E-state index contributed by atoms with van der Waals surface area (Å²) in [6.07, 6.45) is 5.29. The van der Waals surface area contributed by atoms with E-state index in [2.05, 4.69) is 33.0 Å². The lowest BCUT2D eigenvalue weighted by molar-refractivity contribution is -0.203. The highest BCUT2D eigenvalue weighted by molar-refractivity contribution is 4.92. The Hall–Kier alpha value is -0.120. The Morgan fingerprint density at radius 2 is 1.83 bits per heavy atom. The maximum absolute atomic E-state index is 6.37. The fourth-order valence-corrected chi connectivity index (χ4v) is 2.69. The van der Waals surface area contributed by atoms with Crippen molar-refractivity contribution in [3.63, 3.8) is 0 Å². The molecule has 0 radical (unpaired) electrons. The van der Waals surface area contributed by atoms with Gasteiger partial charge in [0.2, 0.25) is 0 Å². The zero-order valence-electron chi connectivity index (χ0n) is 12.4. The van der Waals surface area contributed by atoms with Crippen LogP contribution in [0.1, 0.15) is 53.4 Å². The standard InChI is InChI=1S/C15H29NO2/c1-12-5-7-15(8-6-12,11-16-14(2,3)4)18-13-9-17-10-13/h12-13,16H,5-11H2,1-4H3. The van der Waals surface area contributed by atoms with Crippen molar-refractivity contribution in [1.82, 2.24) is 5.32 Å². The minimum atomic E-state index is 0.0498. The van der Waals surface area contributed by atoms with Gasteiger partial charge in [-0.25, -0.2) is 0 Å². The van der Waals surface area contributed by atoms with Gasteiger partial charge in [0, 0.05) is 12.1 Å². The molecular weight excluding hydrogens is 226 g/mol.